The molecule has 0 saturated heterocycles. The minimum atomic E-state index is -3.85. The predicted molar refractivity (Wildman–Crippen MR) is 72.1 cm³/mol. The third kappa shape index (κ3) is 4.22. The molecule has 0 bridgehead atoms. The minimum absolute atomic E-state index is 0.0599. The lowest BCUT2D eigenvalue weighted by Gasteiger charge is -2.12. The van der Waals surface area contributed by atoms with Crippen molar-refractivity contribution in [2.75, 3.05) is 20.3 Å². The molecule has 0 atom stereocenters. The summed E-state index contributed by atoms with van der Waals surface area (Å²) in [7, 11) is 2.97. The molecule has 6 nitrogen and oxygen atoms in total. The second-order valence-electron chi connectivity index (χ2n) is 4.25. The molecular formula is C11H17ClN2O4S. The van der Waals surface area contributed by atoms with Gasteiger partial charge in [0, 0.05) is 36.6 Å². The van der Waals surface area contributed by atoms with Gasteiger partial charge in [-0.05, 0) is 19.9 Å². The topological polar surface area (TPSA) is 77.4 Å². The van der Waals surface area contributed by atoms with Crippen molar-refractivity contribution in [3.63, 3.8) is 0 Å². The number of carbonyl (C=O) groups is 1. The highest BCUT2D eigenvalue weighted by Crippen LogP contribution is 2.21. The molecule has 0 aromatic carbocycles. The number of carbonyl (C=O) groups excluding carboxylic acids is 1. The lowest BCUT2D eigenvalue weighted by molar-refractivity contribution is 0.0926. The van der Waals surface area contributed by atoms with Crippen LogP contribution in [0.2, 0.25) is 0 Å². The van der Waals surface area contributed by atoms with Gasteiger partial charge in [0.2, 0.25) is 0 Å². The molecule has 19 heavy (non-hydrogen) atoms. The van der Waals surface area contributed by atoms with E-state index in [1.165, 1.54) is 19.4 Å². The molecule has 0 fully saturated rings. The number of nitrogens with zero attached hydrogens (tertiary/aromatic N) is 1. The molecule has 1 aromatic heterocycles. The zero-order valence-corrected chi connectivity index (χ0v) is 12.6. The van der Waals surface area contributed by atoms with E-state index >= 15 is 0 Å². The van der Waals surface area contributed by atoms with Crippen molar-refractivity contribution in [2.24, 2.45) is 0 Å². The van der Waals surface area contributed by atoms with Gasteiger partial charge in [0.25, 0.3) is 15.0 Å². The van der Waals surface area contributed by atoms with Crippen LogP contribution >= 0.6 is 10.7 Å². The van der Waals surface area contributed by atoms with Crippen molar-refractivity contribution < 1.29 is 17.9 Å². The summed E-state index contributed by atoms with van der Waals surface area (Å²) in [5.41, 5.74) is 0.255. The molecular weight excluding hydrogens is 292 g/mol. The van der Waals surface area contributed by atoms with E-state index in [4.69, 9.17) is 15.4 Å². The molecule has 0 unspecified atom stereocenters. The average Bonchev–Trinajstić information content (AvgIpc) is 2.73. The first kappa shape index (κ1) is 16.0. The number of amides is 1. The molecule has 0 aliphatic carbocycles. The zero-order chi connectivity index (χ0) is 14.6. The lowest BCUT2D eigenvalue weighted by atomic mass is 10.3. The predicted octanol–water partition coefficient (Wildman–Crippen LogP) is 1.37. The van der Waals surface area contributed by atoms with Crippen molar-refractivity contribution in [3.05, 3.63) is 18.0 Å². The van der Waals surface area contributed by atoms with E-state index in [-0.39, 0.29) is 22.5 Å². The van der Waals surface area contributed by atoms with Crippen LogP contribution in [0.5, 0.6) is 0 Å². The maximum absolute atomic E-state index is 12.0. The number of hydrogen-bond acceptors (Lipinski definition) is 4. The monoisotopic (exact) mass is 308 g/mol. The Morgan fingerprint density at radius 1 is 1.53 bits per heavy atom. The summed E-state index contributed by atoms with van der Waals surface area (Å²) in [4.78, 5) is 11.9. The molecule has 0 saturated carbocycles. The fraction of sp³-hybridized carbons (Fsp3) is 0.545. The SMILES string of the molecule is COCCNC(=O)c1cc(S(=O)(=O)Cl)cn1C(C)C. The summed E-state index contributed by atoms with van der Waals surface area (Å²) < 4.78 is 29.0. The first-order chi connectivity index (χ1) is 8.77. The highest BCUT2D eigenvalue weighted by atomic mass is 35.7. The molecule has 1 heterocycles. The van der Waals surface area contributed by atoms with Crippen molar-refractivity contribution in [3.8, 4) is 0 Å². The lowest BCUT2D eigenvalue weighted by Crippen LogP contribution is -2.29. The summed E-state index contributed by atoms with van der Waals surface area (Å²) in [6.45, 7) is 4.42. The molecule has 0 radical (unpaired) electrons. The fourth-order valence-corrected chi connectivity index (χ4v) is 2.30. The molecule has 1 N–H and O–H groups in total. The maximum atomic E-state index is 12.0. The normalized spacial score (nSPS) is 11.8. The number of hydrogen-bond donors (Lipinski definition) is 1. The minimum Gasteiger partial charge on any atom is -0.383 e. The van der Waals surface area contributed by atoms with Gasteiger partial charge in [-0.15, -0.1) is 0 Å². The summed E-state index contributed by atoms with van der Waals surface area (Å²) in [5, 5.41) is 2.64. The first-order valence-corrected chi connectivity index (χ1v) is 8.02. The summed E-state index contributed by atoms with van der Waals surface area (Å²) in [6, 6.07) is 1.21. The van der Waals surface area contributed by atoms with Crippen LogP contribution in [0, 0.1) is 0 Å². The van der Waals surface area contributed by atoms with Gasteiger partial charge < -0.3 is 14.6 Å². The van der Waals surface area contributed by atoms with Gasteiger partial charge in [0.15, 0.2) is 0 Å². The molecule has 8 heteroatoms. The Morgan fingerprint density at radius 2 is 2.16 bits per heavy atom. The van der Waals surface area contributed by atoms with Crippen LogP contribution in [0.1, 0.15) is 30.4 Å². The Bertz CT molecular complexity index is 551. The van der Waals surface area contributed by atoms with Crippen LogP contribution in [0.4, 0.5) is 0 Å². The summed E-state index contributed by atoms with van der Waals surface area (Å²) in [5.74, 6) is -0.364. The number of nitrogens with one attached hydrogen (secondary N) is 1. The largest absolute Gasteiger partial charge is 0.383 e. The van der Waals surface area contributed by atoms with E-state index in [1.807, 2.05) is 13.8 Å². The Kier molecular flexibility index (Phi) is 5.39. The Hall–Kier alpha value is -1.05. The number of halogens is 1. The van der Waals surface area contributed by atoms with Crippen LogP contribution in [0.25, 0.3) is 0 Å². The van der Waals surface area contributed by atoms with Gasteiger partial charge >= 0.3 is 0 Å². The highest BCUT2D eigenvalue weighted by Gasteiger charge is 2.20. The van der Waals surface area contributed by atoms with Crippen LogP contribution in [0.3, 0.4) is 0 Å². The molecule has 1 amide bonds. The fourth-order valence-electron chi connectivity index (χ4n) is 1.55. The maximum Gasteiger partial charge on any atom is 0.268 e. The summed E-state index contributed by atoms with van der Waals surface area (Å²) in [6.07, 6.45) is 1.36. The van der Waals surface area contributed by atoms with E-state index in [1.54, 1.807) is 4.57 Å². The standard InChI is InChI=1S/C11H17ClN2O4S/c1-8(2)14-7-9(19(12,16)17)6-10(14)11(15)13-4-5-18-3/h6-8H,4-5H2,1-3H3,(H,13,15). The van der Waals surface area contributed by atoms with E-state index in [0.29, 0.717) is 13.2 Å². The second kappa shape index (κ2) is 6.40. The van der Waals surface area contributed by atoms with E-state index in [9.17, 15) is 13.2 Å². The van der Waals surface area contributed by atoms with E-state index < -0.39 is 9.05 Å². The Labute approximate surface area is 117 Å². The molecule has 0 aliphatic rings. The van der Waals surface area contributed by atoms with Crippen LogP contribution in [-0.2, 0) is 13.8 Å². The highest BCUT2D eigenvalue weighted by molar-refractivity contribution is 8.13. The first-order valence-electron chi connectivity index (χ1n) is 5.71. The van der Waals surface area contributed by atoms with Gasteiger partial charge in [0.05, 0.1) is 6.61 Å². The van der Waals surface area contributed by atoms with Gasteiger partial charge in [-0.2, -0.15) is 0 Å². The van der Waals surface area contributed by atoms with E-state index in [0.717, 1.165) is 0 Å². The molecule has 0 aliphatic heterocycles. The smallest absolute Gasteiger partial charge is 0.268 e. The van der Waals surface area contributed by atoms with Crippen molar-refractivity contribution in [2.45, 2.75) is 24.8 Å². The van der Waals surface area contributed by atoms with Crippen molar-refractivity contribution in [1.82, 2.24) is 9.88 Å². The van der Waals surface area contributed by atoms with E-state index in [2.05, 4.69) is 5.32 Å². The van der Waals surface area contributed by atoms with Gasteiger partial charge in [-0.3, -0.25) is 4.79 Å². The summed E-state index contributed by atoms with van der Waals surface area (Å²) >= 11 is 0. The van der Waals surface area contributed by atoms with Crippen LogP contribution in [0.15, 0.2) is 17.2 Å². The quantitative estimate of drug-likeness (QED) is 0.636. The third-order valence-electron chi connectivity index (χ3n) is 2.49. The molecule has 0 spiro atoms. The average molecular weight is 309 g/mol. The number of rotatable bonds is 6. The Morgan fingerprint density at radius 3 is 2.63 bits per heavy atom. The number of ether oxygens (including phenoxy) is 1. The number of methoxy groups -OCH3 is 1. The van der Waals surface area contributed by atoms with Crippen LogP contribution in [-0.4, -0.2) is 39.2 Å². The van der Waals surface area contributed by atoms with Gasteiger partial charge in [0.1, 0.15) is 10.6 Å². The number of aromatic nitrogens is 1. The zero-order valence-electron chi connectivity index (χ0n) is 11.0. The molecule has 108 valence electrons. The van der Waals surface area contributed by atoms with Gasteiger partial charge in [-0.1, -0.05) is 0 Å². The molecule has 1 rings (SSSR count). The third-order valence-corrected chi connectivity index (χ3v) is 3.81. The van der Waals surface area contributed by atoms with Crippen molar-refractivity contribution in [1.29, 1.82) is 0 Å². The molecule has 1 aromatic rings. The Balaban J connectivity index is 3.05. The van der Waals surface area contributed by atoms with Gasteiger partial charge in [-0.25, -0.2) is 8.42 Å². The van der Waals surface area contributed by atoms with Crippen molar-refractivity contribution >= 4 is 25.6 Å². The second-order valence-corrected chi connectivity index (χ2v) is 6.81. The van der Waals surface area contributed by atoms with Crippen LogP contribution < -0.4 is 5.32 Å².